The SMILES string of the molecule is O=C(NCCSCCCO)C1CCOc2ccccc21. The number of nitrogens with one attached hydrogen (secondary N) is 1. The standard InChI is InChI=1S/C15H21NO3S/c17-8-3-10-20-11-7-16-15(18)13-6-9-19-14-5-2-1-4-12(13)14/h1-2,4-5,13,17H,3,6-11H2,(H,16,18). The first kappa shape index (κ1) is 15.2. The number of benzene rings is 1. The summed E-state index contributed by atoms with van der Waals surface area (Å²) in [5.74, 6) is 2.64. The summed E-state index contributed by atoms with van der Waals surface area (Å²) in [5, 5.41) is 11.7. The maximum absolute atomic E-state index is 12.2. The van der Waals surface area contributed by atoms with Gasteiger partial charge in [-0.3, -0.25) is 4.79 Å². The molecule has 1 amide bonds. The van der Waals surface area contributed by atoms with Gasteiger partial charge in [0.15, 0.2) is 0 Å². The molecule has 0 aromatic heterocycles. The van der Waals surface area contributed by atoms with Crippen LogP contribution in [0.15, 0.2) is 24.3 Å². The van der Waals surface area contributed by atoms with Crippen LogP contribution in [0.2, 0.25) is 0 Å². The Labute approximate surface area is 123 Å². The molecule has 0 spiro atoms. The lowest BCUT2D eigenvalue weighted by Crippen LogP contribution is -2.33. The second-order valence-corrected chi connectivity index (χ2v) is 5.93. The molecule has 2 N–H and O–H groups in total. The van der Waals surface area contributed by atoms with E-state index >= 15 is 0 Å². The van der Waals surface area contributed by atoms with E-state index in [0.29, 0.717) is 13.2 Å². The van der Waals surface area contributed by atoms with E-state index < -0.39 is 0 Å². The summed E-state index contributed by atoms with van der Waals surface area (Å²) in [6.07, 6.45) is 1.55. The van der Waals surface area contributed by atoms with E-state index in [1.54, 1.807) is 11.8 Å². The minimum absolute atomic E-state index is 0.0866. The second kappa shape index (κ2) is 8.17. The normalized spacial score (nSPS) is 17.1. The van der Waals surface area contributed by atoms with Gasteiger partial charge in [0.05, 0.1) is 12.5 Å². The molecular formula is C15H21NO3S. The largest absolute Gasteiger partial charge is 0.493 e. The maximum atomic E-state index is 12.2. The number of amides is 1. The number of para-hydroxylation sites is 1. The van der Waals surface area contributed by atoms with Crippen molar-refractivity contribution < 1.29 is 14.6 Å². The summed E-state index contributed by atoms with van der Waals surface area (Å²) < 4.78 is 5.57. The Kier molecular flexibility index (Phi) is 6.21. The van der Waals surface area contributed by atoms with Crippen LogP contribution in [0, 0.1) is 0 Å². The van der Waals surface area contributed by atoms with E-state index in [1.165, 1.54) is 0 Å². The Morgan fingerprint density at radius 2 is 2.25 bits per heavy atom. The zero-order valence-electron chi connectivity index (χ0n) is 11.5. The Morgan fingerprint density at radius 1 is 1.40 bits per heavy atom. The smallest absolute Gasteiger partial charge is 0.227 e. The number of thioether (sulfide) groups is 1. The van der Waals surface area contributed by atoms with Gasteiger partial charge in [-0.05, 0) is 24.7 Å². The lowest BCUT2D eigenvalue weighted by atomic mass is 9.92. The monoisotopic (exact) mass is 295 g/mol. The predicted molar refractivity (Wildman–Crippen MR) is 81.3 cm³/mol. The third kappa shape index (κ3) is 4.15. The Bertz CT molecular complexity index is 439. The molecule has 4 nitrogen and oxygen atoms in total. The van der Waals surface area contributed by atoms with Crippen molar-refractivity contribution >= 4 is 17.7 Å². The number of aliphatic hydroxyl groups excluding tert-OH is 1. The van der Waals surface area contributed by atoms with Gasteiger partial charge in [-0.1, -0.05) is 18.2 Å². The van der Waals surface area contributed by atoms with Crippen molar-refractivity contribution in [2.75, 3.05) is 31.3 Å². The van der Waals surface area contributed by atoms with E-state index in [9.17, 15) is 4.79 Å². The van der Waals surface area contributed by atoms with Crippen LogP contribution in [0.4, 0.5) is 0 Å². The molecule has 1 heterocycles. The Hall–Kier alpha value is -1.20. The van der Waals surface area contributed by atoms with Crippen molar-refractivity contribution in [1.29, 1.82) is 0 Å². The van der Waals surface area contributed by atoms with Crippen LogP contribution in [0.25, 0.3) is 0 Å². The summed E-state index contributed by atoms with van der Waals surface area (Å²) in [7, 11) is 0. The predicted octanol–water partition coefficient (Wildman–Crippen LogP) is 1.78. The highest BCUT2D eigenvalue weighted by atomic mass is 32.2. The van der Waals surface area contributed by atoms with Crippen LogP contribution in [-0.4, -0.2) is 42.3 Å². The fraction of sp³-hybridized carbons (Fsp3) is 0.533. The lowest BCUT2D eigenvalue weighted by Gasteiger charge is -2.25. The molecule has 1 unspecified atom stereocenters. The molecule has 1 atom stereocenters. The summed E-state index contributed by atoms with van der Waals surface area (Å²) in [5.41, 5.74) is 0.990. The van der Waals surface area contributed by atoms with Gasteiger partial charge in [-0.2, -0.15) is 11.8 Å². The quantitative estimate of drug-likeness (QED) is 0.753. The zero-order valence-corrected chi connectivity index (χ0v) is 12.3. The third-order valence-corrected chi connectivity index (χ3v) is 4.34. The number of ether oxygens (including phenoxy) is 1. The van der Waals surface area contributed by atoms with Crippen LogP contribution in [0.5, 0.6) is 5.75 Å². The van der Waals surface area contributed by atoms with Crippen LogP contribution >= 0.6 is 11.8 Å². The van der Waals surface area contributed by atoms with E-state index in [4.69, 9.17) is 9.84 Å². The van der Waals surface area contributed by atoms with E-state index in [0.717, 1.165) is 35.7 Å². The average Bonchev–Trinajstić information content (AvgIpc) is 2.50. The van der Waals surface area contributed by atoms with Crippen LogP contribution < -0.4 is 10.1 Å². The molecule has 1 aromatic carbocycles. The highest BCUT2D eigenvalue weighted by Gasteiger charge is 2.26. The Balaban J connectivity index is 1.79. The molecule has 0 fully saturated rings. The maximum Gasteiger partial charge on any atom is 0.227 e. The van der Waals surface area contributed by atoms with Crippen LogP contribution in [-0.2, 0) is 4.79 Å². The number of carbonyl (C=O) groups is 1. The molecule has 2 rings (SSSR count). The first-order chi connectivity index (χ1) is 9.83. The van der Waals surface area contributed by atoms with Gasteiger partial charge in [0, 0.05) is 24.5 Å². The van der Waals surface area contributed by atoms with Crippen molar-refractivity contribution in [3.8, 4) is 5.75 Å². The summed E-state index contributed by atoms with van der Waals surface area (Å²) in [4.78, 5) is 12.2. The first-order valence-electron chi connectivity index (χ1n) is 7.01. The van der Waals surface area contributed by atoms with Gasteiger partial charge in [0.1, 0.15) is 5.75 Å². The number of hydrogen-bond acceptors (Lipinski definition) is 4. The minimum atomic E-state index is -0.0950. The molecule has 0 aliphatic carbocycles. The highest BCUT2D eigenvalue weighted by molar-refractivity contribution is 7.99. The molecule has 0 saturated carbocycles. The number of hydrogen-bond donors (Lipinski definition) is 2. The first-order valence-corrected chi connectivity index (χ1v) is 8.16. The van der Waals surface area contributed by atoms with Crippen molar-refractivity contribution in [2.24, 2.45) is 0 Å². The van der Waals surface area contributed by atoms with Gasteiger partial charge in [0.25, 0.3) is 0 Å². The molecular weight excluding hydrogens is 274 g/mol. The molecule has 1 aliphatic rings. The van der Waals surface area contributed by atoms with Crippen molar-refractivity contribution in [3.63, 3.8) is 0 Å². The van der Waals surface area contributed by atoms with Crippen LogP contribution in [0.1, 0.15) is 24.3 Å². The fourth-order valence-corrected chi connectivity index (χ4v) is 3.04. The molecule has 5 heteroatoms. The van der Waals surface area contributed by atoms with Gasteiger partial charge in [-0.15, -0.1) is 0 Å². The summed E-state index contributed by atoms with van der Waals surface area (Å²) in [6.45, 7) is 1.51. The van der Waals surface area contributed by atoms with Gasteiger partial charge in [0.2, 0.25) is 5.91 Å². The van der Waals surface area contributed by atoms with Crippen molar-refractivity contribution in [3.05, 3.63) is 29.8 Å². The number of carbonyl (C=O) groups excluding carboxylic acids is 1. The van der Waals surface area contributed by atoms with Crippen LogP contribution in [0.3, 0.4) is 0 Å². The molecule has 20 heavy (non-hydrogen) atoms. The summed E-state index contributed by atoms with van der Waals surface area (Å²) >= 11 is 1.75. The average molecular weight is 295 g/mol. The topological polar surface area (TPSA) is 58.6 Å². The van der Waals surface area contributed by atoms with Gasteiger partial charge >= 0.3 is 0 Å². The molecule has 0 saturated heterocycles. The van der Waals surface area contributed by atoms with E-state index in [1.807, 2.05) is 24.3 Å². The van der Waals surface area contributed by atoms with Crippen molar-refractivity contribution in [1.82, 2.24) is 5.32 Å². The van der Waals surface area contributed by atoms with Gasteiger partial charge < -0.3 is 15.2 Å². The Morgan fingerprint density at radius 3 is 3.10 bits per heavy atom. The molecule has 1 aromatic rings. The number of aliphatic hydroxyl groups is 1. The molecule has 1 aliphatic heterocycles. The summed E-state index contributed by atoms with van der Waals surface area (Å²) in [6, 6.07) is 7.75. The number of rotatable bonds is 7. The molecule has 0 radical (unpaired) electrons. The fourth-order valence-electron chi connectivity index (χ4n) is 2.25. The molecule has 0 bridgehead atoms. The lowest BCUT2D eigenvalue weighted by molar-refractivity contribution is -0.123. The molecule has 110 valence electrons. The zero-order chi connectivity index (χ0) is 14.2. The van der Waals surface area contributed by atoms with Crippen molar-refractivity contribution in [2.45, 2.75) is 18.8 Å². The number of fused-ring (bicyclic) bond motifs is 1. The van der Waals surface area contributed by atoms with E-state index in [2.05, 4.69) is 5.32 Å². The second-order valence-electron chi connectivity index (χ2n) is 4.71. The third-order valence-electron chi connectivity index (χ3n) is 3.27. The minimum Gasteiger partial charge on any atom is -0.493 e. The van der Waals surface area contributed by atoms with E-state index in [-0.39, 0.29) is 18.4 Å². The highest BCUT2D eigenvalue weighted by Crippen LogP contribution is 2.33. The van der Waals surface area contributed by atoms with Gasteiger partial charge in [-0.25, -0.2) is 0 Å².